The van der Waals surface area contributed by atoms with Crippen LogP contribution in [0, 0.1) is 0 Å². The van der Waals surface area contributed by atoms with Crippen molar-refractivity contribution in [3.8, 4) is 0 Å². The highest BCUT2D eigenvalue weighted by Gasteiger charge is 2.36. The molecule has 1 heterocycles. The minimum absolute atomic E-state index is 0.00369. The maximum atomic E-state index is 13.3. The molecule has 13 amide bonds. The molecule has 0 aromatic carbocycles. The van der Waals surface area contributed by atoms with Crippen molar-refractivity contribution in [2.24, 2.45) is 33.7 Å². The van der Waals surface area contributed by atoms with Crippen LogP contribution < -0.4 is 81.8 Å². The first-order valence-electron chi connectivity index (χ1n) is 23.0. The van der Waals surface area contributed by atoms with Crippen LogP contribution in [0.2, 0.25) is 0 Å². The van der Waals surface area contributed by atoms with Crippen molar-refractivity contribution < 1.29 is 92.7 Å². The van der Waals surface area contributed by atoms with Crippen LogP contribution in [-0.2, 0) is 67.1 Å². The largest absolute Gasteiger partial charge is 0.480 e. The second-order valence-corrected chi connectivity index (χ2v) is 16.5. The minimum Gasteiger partial charge on any atom is -0.480 e. The summed E-state index contributed by atoms with van der Waals surface area (Å²) in [5.74, 6) is -15.8. The summed E-state index contributed by atoms with van der Waals surface area (Å²) in [6, 6.07) is -13.2. The van der Waals surface area contributed by atoms with Crippen LogP contribution in [0.15, 0.2) is 4.99 Å². The lowest BCUT2D eigenvalue weighted by Crippen LogP contribution is -2.60. The standard InChI is InChI=1S/C40H67N17O19/c1-17(61)31(38(74)48-12-28(65)50-19(8-25(42)62)34(70)53-18(4-2-6-46-40(44)45)33(69)54-20(39(75)76)9-26(43)63)56-36(72)23(16-60)52-29(66)11-47-37(73)24-5-3-7-57(24)30(67)13-49-32(68)21(14-58)55-35(71)22(15-59)51-27(64)10-41/h17-24,31,58-61H,2-16,41H2,1H3,(H2,42,62)(H2,43,63)(H,47,73)(H,48,74)(H,49,68)(H,50,65)(H,51,64)(H,52,66)(H,53,70)(H,54,69)(H,55,71)(H,56,72)(H,75,76)(H4,44,45,46)/t17-,18+,19+,20+,21+,22+,23+,24+,31+/m1/s1. The van der Waals surface area contributed by atoms with E-state index in [0.29, 0.717) is 6.42 Å². The van der Waals surface area contributed by atoms with Crippen molar-refractivity contribution in [1.82, 2.24) is 58.1 Å². The van der Waals surface area contributed by atoms with E-state index in [1.165, 1.54) is 0 Å². The molecule has 0 aromatic rings. The lowest BCUT2D eigenvalue weighted by molar-refractivity contribution is -0.144. The molecule has 1 saturated heterocycles. The Hall–Kier alpha value is -8.35. The Labute approximate surface area is 431 Å². The number of primary amides is 2. The third kappa shape index (κ3) is 23.7. The molecule has 0 spiro atoms. The van der Waals surface area contributed by atoms with Gasteiger partial charge in [0.05, 0.1) is 64.9 Å². The molecule has 76 heavy (non-hydrogen) atoms. The highest BCUT2D eigenvalue weighted by molar-refractivity contribution is 5.99. The van der Waals surface area contributed by atoms with Crippen molar-refractivity contribution in [1.29, 1.82) is 0 Å². The summed E-state index contributed by atoms with van der Waals surface area (Å²) < 4.78 is 0. The molecule has 25 N–H and O–H groups in total. The summed E-state index contributed by atoms with van der Waals surface area (Å²) in [7, 11) is 0. The van der Waals surface area contributed by atoms with Gasteiger partial charge in [0.25, 0.3) is 0 Å². The molecule has 0 radical (unpaired) electrons. The topological polar surface area (TPSA) is 606 Å². The van der Waals surface area contributed by atoms with E-state index in [9.17, 15) is 92.7 Å². The summed E-state index contributed by atoms with van der Waals surface area (Å²) >= 11 is 0. The molecular formula is C40H67N17O19. The number of nitrogens with two attached hydrogens (primary N) is 5. The Morgan fingerprint density at radius 2 is 1.04 bits per heavy atom. The Morgan fingerprint density at radius 3 is 1.57 bits per heavy atom. The number of likely N-dealkylation sites (tertiary alicyclic amines) is 1. The second kappa shape index (κ2) is 33.5. The van der Waals surface area contributed by atoms with Crippen LogP contribution in [-0.4, -0.2) is 233 Å². The summed E-state index contributed by atoms with van der Waals surface area (Å²) in [4.78, 5) is 181. The molecule has 1 fully saturated rings. The van der Waals surface area contributed by atoms with Gasteiger partial charge in [-0.3, -0.25) is 67.3 Å². The number of carbonyl (C=O) groups is 14. The summed E-state index contributed by atoms with van der Waals surface area (Å²) in [6.07, 6.45) is -3.26. The zero-order valence-electron chi connectivity index (χ0n) is 41.0. The van der Waals surface area contributed by atoms with Gasteiger partial charge in [-0.25, -0.2) is 4.79 Å². The fourth-order valence-electron chi connectivity index (χ4n) is 6.67. The Bertz CT molecular complexity index is 2160. The number of carboxylic acids is 1. The molecule has 0 aliphatic carbocycles. The summed E-state index contributed by atoms with van der Waals surface area (Å²) in [5.41, 5.74) is 26.1. The minimum atomic E-state index is -1.88. The van der Waals surface area contributed by atoms with Crippen molar-refractivity contribution in [3.05, 3.63) is 0 Å². The maximum absolute atomic E-state index is 13.3. The predicted octanol–water partition coefficient (Wildman–Crippen LogP) is -14.1. The van der Waals surface area contributed by atoms with Gasteiger partial charge in [0.2, 0.25) is 76.8 Å². The van der Waals surface area contributed by atoms with Crippen LogP contribution >= 0.6 is 0 Å². The van der Waals surface area contributed by atoms with Gasteiger partial charge < -0.3 is 112 Å². The van der Waals surface area contributed by atoms with Crippen LogP contribution in [0.25, 0.3) is 0 Å². The number of nitrogens with zero attached hydrogens (tertiary/aromatic N) is 2. The quantitative estimate of drug-likeness (QED) is 0.0162. The highest BCUT2D eigenvalue weighted by Crippen LogP contribution is 2.17. The fourth-order valence-corrected chi connectivity index (χ4v) is 6.67. The van der Waals surface area contributed by atoms with Gasteiger partial charge in [0.1, 0.15) is 48.3 Å². The molecular weight excluding hydrogens is 1020 g/mol. The van der Waals surface area contributed by atoms with Gasteiger partial charge in [0, 0.05) is 13.1 Å². The molecule has 0 bridgehead atoms. The number of carbonyl (C=O) groups excluding carboxylic acids is 13. The van der Waals surface area contributed by atoms with Gasteiger partial charge in [-0.1, -0.05) is 0 Å². The molecule has 0 aromatic heterocycles. The van der Waals surface area contributed by atoms with Crippen molar-refractivity contribution >= 4 is 88.7 Å². The molecule has 36 nitrogen and oxygen atoms in total. The smallest absolute Gasteiger partial charge is 0.326 e. The monoisotopic (exact) mass is 1090 g/mol. The third-order valence-corrected chi connectivity index (χ3v) is 10.5. The number of rotatable bonds is 34. The molecule has 36 heteroatoms. The van der Waals surface area contributed by atoms with Crippen LogP contribution in [0.5, 0.6) is 0 Å². The average molecular weight is 1090 g/mol. The number of hydrogen-bond acceptors (Lipinski definition) is 20. The van der Waals surface area contributed by atoms with Gasteiger partial charge in [-0.15, -0.1) is 0 Å². The number of amides is 13. The lowest BCUT2D eigenvalue weighted by atomic mass is 10.1. The van der Waals surface area contributed by atoms with E-state index >= 15 is 0 Å². The molecule has 1 aliphatic heterocycles. The number of aliphatic hydroxyl groups excluding tert-OH is 4. The molecule has 1 rings (SSSR count). The number of carboxylic acid groups (broad SMARTS) is 1. The zero-order chi connectivity index (χ0) is 57.8. The van der Waals surface area contributed by atoms with Gasteiger partial charge in [0.15, 0.2) is 5.96 Å². The van der Waals surface area contributed by atoms with Crippen LogP contribution in [0.4, 0.5) is 0 Å². The third-order valence-electron chi connectivity index (χ3n) is 10.5. The first-order chi connectivity index (χ1) is 35.7. The van der Waals surface area contributed by atoms with Crippen LogP contribution in [0.3, 0.4) is 0 Å². The molecule has 9 atom stereocenters. The van der Waals surface area contributed by atoms with E-state index in [1.54, 1.807) is 0 Å². The molecule has 426 valence electrons. The van der Waals surface area contributed by atoms with E-state index in [1.807, 2.05) is 5.32 Å². The predicted molar refractivity (Wildman–Crippen MR) is 254 cm³/mol. The SMILES string of the molecule is C[C@@H](O)[C@H](NC(=O)[C@H](CO)NC(=O)CNC(=O)[C@@H]1CCCN1C(=O)CNC(=O)[C@H](CO)NC(=O)[C@H](CO)NC(=O)CN)C(=O)NCC(=O)N[C@@H](CC(N)=O)C(=O)N[C@@H](CCCN=C(N)N)C(=O)N[C@@H](CC(N)=O)C(=O)O. The number of hydrogen-bond donors (Lipinski definition) is 20. The molecule has 0 unspecified atom stereocenters. The van der Waals surface area contributed by atoms with Crippen molar-refractivity contribution in [2.75, 3.05) is 59.1 Å². The summed E-state index contributed by atoms with van der Waals surface area (Å²) in [6.45, 7) is -4.98. The van der Waals surface area contributed by atoms with Crippen LogP contribution in [0.1, 0.15) is 45.4 Å². The summed E-state index contributed by atoms with van der Waals surface area (Å²) in [5, 5.41) is 70.0. The second-order valence-electron chi connectivity index (χ2n) is 16.5. The number of guanidine groups is 1. The van der Waals surface area contributed by atoms with E-state index in [2.05, 4.69) is 52.8 Å². The maximum Gasteiger partial charge on any atom is 0.326 e. The van der Waals surface area contributed by atoms with Crippen molar-refractivity contribution in [2.45, 2.75) is 99.9 Å². The fraction of sp³-hybridized carbons (Fsp3) is 0.625. The number of aliphatic imine (C=N–C) groups is 1. The molecule has 0 saturated carbocycles. The average Bonchev–Trinajstić information content (AvgIpc) is 3.86. The zero-order valence-corrected chi connectivity index (χ0v) is 41.0. The Kier molecular flexibility index (Phi) is 28.9. The van der Waals surface area contributed by atoms with E-state index in [-0.39, 0.29) is 38.3 Å². The van der Waals surface area contributed by atoms with E-state index in [4.69, 9.17) is 28.7 Å². The van der Waals surface area contributed by atoms with E-state index < -0.39 is 196 Å². The number of nitrogens with one attached hydrogen (secondary N) is 10. The lowest BCUT2D eigenvalue weighted by Gasteiger charge is -2.25. The van der Waals surface area contributed by atoms with Crippen molar-refractivity contribution in [3.63, 3.8) is 0 Å². The highest BCUT2D eigenvalue weighted by atomic mass is 16.4. The van der Waals surface area contributed by atoms with Gasteiger partial charge in [-0.05, 0) is 32.6 Å². The van der Waals surface area contributed by atoms with Gasteiger partial charge >= 0.3 is 5.97 Å². The molecule has 1 aliphatic rings. The van der Waals surface area contributed by atoms with E-state index in [0.717, 1.165) is 11.8 Å². The Morgan fingerprint density at radius 1 is 0.579 bits per heavy atom. The number of aliphatic hydroxyl groups is 4. The first kappa shape index (κ1) is 65.7. The van der Waals surface area contributed by atoms with Gasteiger partial charge in [-0.2, -0.15) is 0 Å². The number of aliphatic carboxylic acids is 1. The normalized spacial score (nSPS) is 15.9. The first-order valence-corrected chi connectivity index (χ1v) is 23.0. The Balaban J connectivity index is 2.90.